The molecule has 0 bridgehead atoms. The topological polar surface area (TPSA) is 52.3 Å². The first-order valence-electron chi connectivity index (χ1n) is 6.09. The summed E-state index contributed by atoms with van der Waals surface area (Å²) in [5.41, 5.74) is 7.27. The Kier molecular flexibility index (Phi) is 2.80. The summed E-state index contributed by atoms with van der Waals surface area (Å²) in [5.74, 6) is 1.19. The van der Waals surface area contributed by atoms with Crippen LogP contribution in [0.1, 0.15) is 17.0 Å². The molecule has 0 saturated heterocycles. The van der Waals surface area contributed by atoms with Crippen LogP contribution in [0.3, 0.4) is 0 Å². The molecule has 1 aliphatic rings. The van der Waals surface area contributed by atoms with E-state index >= 15 is 0 Å². The molecule has 3 rings (SSSR count). The van der Waals surface area contributed by atoms with Crippen molar-refractivity contribution in [2.75, 3.05) is 0 Å². The summed E-state index contributed by atoms with van der Waals surface area (Å²) >= 11 is 0. The first-order chi connectivity index (χ1) is 9.25. The Morgan fingerprint density at radius 2 is 1.53 bits per heavy atom. The largest absolute Gasteiger partial charge is 0.457 e. The number of rotatable bonds is 2. The minimum absolute atomic E-state index is 0.00588. The molecule has 3 nitrogen and oxygen atoms in total. The SMILES string of the molecule is NC(=O)C=CC1c2ccccc2Oc2ccccc21. The van der Waals surface area contributed by atoms with Crippen LogP contribution in [0.15, 0.2) is 60.7 Å². The average Bonchev–Trinajstić information content (AvgIpc) is 2.43. The van der Waals surface area contributed by atoms with E-state index in [9.17, 15) is 4.79 Å². The summed E-state index contributed by atoms with van der Waals surface area (Å²) in [6.07, 6.45) is 3.23. The predicted octanol–water partition coefficient (Wildman–Crippen LogP) is 2.97. The number of carbonyl (C=O) groups excluding carboxylic acids is 1. The predicted molar refractivity (Wildman–Crippen MR) is 73.1 cm³/mol. The number of hydrogen-bond donors (Lipinski definition) is 1. The zero-order chi connectivity index (χ0) is 13.2. The summed E-state index contributed by atoms with van der Waals surface area (Å²) < 4.78 is 5.86. The van der Waals surface area contributed by atoms with Crippen LogP contribution in [0.4, 0.5) is 0 Å². The molecule has 1 amide bonds. The highest BCUT2D eigenvalue weighted by molar-refractivity contribution is 5.86. The van der Waals surface area contributed by atoms with Crippen LogP contribution in [-0.4, -0.2) is 5.91 Å². The molecule has 0 fully saturated rings. The number of primary amides is 1. The quantitative estimate of drug-likeness (QED) is 0.834. The molecule has 0 spiro atoms. The molecule has 2 N–H and O–H groups in total. The fraction of sp³-hybridized carbons (Fsp3) is 0.0625. The Balaban J connectivity index is 2.14. The van der Waals surface area contributed by atoms with Gasteiger partial charge in [-0.05, 0) is 18.2 Å². The van der Waals surface area contributed by atoms with E-state index < -0.39 is 5.91 Å². The van der Waals surface area contributed by atoms with Crippen molar-refractivity contribution in [2.24, 2.45) is 5.73 Å². The molecule has 0 aromatic heterocycles. The van der Waals surface area contributed by atoms with Crippen molar-refractivity contribution in [2.45, 2.75) is 5.92 Å². The van der Waals surface area contributed by atoms with Crippen molar-refractivity contribution in [3.05, 3.63) is 71.8 Å². The lowest BCUT2D eigenvalue weighted by Gasteiger charge is -2.26. The minimum atomic E-state index is -0.443. The van der Waals surface area contributed by atoms with E-state index in [-0.39, 0.29) is 5.92 Å². The highest BCUT2D eigenvalue weighted by Crippen LogP contribution is 2.44. The van der Waals surface area contributed by atoms with Crippen molar-refractivity contribution in [3.63, 3.8) is 0 Å². The average molecular weight is 251 g/mol. The zero-order valence-electron chi connectivity index (χ0n) is 10.2. The molecule has 0 unspecified atom stereocenters. The molecule has 3 heteroatoms. The summed E-state index contributed by atoms with van der Waals surface area (Å²) in [4.78, 5) is 11.0. The van der Waals surface area contributed by atoms with Crippen LogP contribution in [0, 0.1) is 0 Å². The summed E-state index contributed by atoms with van der Waals surface area (Å²) in [7, 11) is 0. The lowest BCUT2D eigenvalue weighted by atomic mass is 9.87. The third-order valence-corrected chi connectivity index (χ3v) is 3.18. The third kappa shape index (κ3) is 2.10. The number of ether oxygens (including phenoxy) is 1. The fourth-order valence-electron chi connectivity index (χ4n) is 2.35. The Morgan fingerprint density at radius 1 is 1.00 bits per heavy atom. The first-order valence-corrected chi connectivity index (χ1v) is 6.09. The van der Waals surface area contributed by atoms with Crippen LogP contribution in [0.2, 0.25) is 0 Å². The molecule has 2 aromatic rings. The first kappa shape index (κ1) is 11.5. The highest BCUT2D eigenvalue weighted by atomic mass is 16.5. The lowest BCUT2D eigenvalue weighted by Crippen LogP contribution is -2.10. The normalized spacial score (nSPS) is 13.7. The zero-order valence-corrected chi connectivity index (χ0v) is 10.2. The van der Waals surface area contributed by atoms with Gasteiger partial charge in [0.05, 0.1) is 0 Å². The van der Waals surface area contributed by atoms with Gasteiger partial charge >= 0.3 is 0 Å². The van der Waals surface area contributed by atoms with Gasteiger partial charge < -0.3 is 10.5 Å². The number of carbonyl (C=O) groups is 1. The van der Waals surface area contributed by atoms with Gasteiger partial charge in [0.1, 0.15) is 11.5 Å². The Hall–Kier alpha value is -2.55. The van der Waals surface area contributed by atoms with Gasteiger partial charge in [0, 0.05) is 17.0 Å². The van der Waals surface area contributed by atoms with Crippen molar-refractivity contribution < 1.29 is 9.53 Å². The van der Waals surface area contributed by atoms with Gasteiger partial charge in [-0.1, -0.05) is 42.5 Å². The molecule has 0 atom stereocenters. The maximum absolute atomic E-state index is 11.0. The molecule has 1 aliphatic heterocycles. The maximum atomic E-state index is 11.0. The van der Waals surface area contributed by atoms with E-state index in [0.29, 0.717) is 0 Å². The van der Waals surface area contributed by atoms with Crippen molar-refractivity contribution in [1.82, 2.24) is 0 Å². The summed E-state index contributed by atoms with van der Waals surface area (Å²) in [6.45, 7) is 0. The third-order valence-electron chi connectivity index (χ3n) is 3.18. The van der Waals surface area contributed by atoms with Gasteiger partial charge in [0.25, 0.3) is 0 Å². The minimum Gasteiger partial charge on any atom is -0.457 e. The van der Waals surface area contributed by atoms with Crippen molar-refractivity contribution in [1.29, 1.82) is 0 Å². The Morgan fingerprint density at radius 3 is 2.05 bits per heavy atom. The lowest BCUT2D eigenvalue weighted by molar-refractivity contribution is -0.113. The van der Waals surface area contributed by atoms with E-state index in [2.05, 4.69) is 0 Å². The van der Waals surface area contributed by atoms with Crippen LogP contribution < -0.4 is 10.5 Å². The van der Waals surface area contributed by atoms with Gasteiger partial charge in [0.15, 0.2) is 0 Å². The molecule has 94 valence electrons. The molecule has 1 heterocycles. The van der Waals surface area contributed by atoms with Gasteiger partial charge in [-0.3, -0.25) is 4.79 Å². The highest BCUT2D eigenvalue weighted by Gasteiger charge is 2.24. The van der Waals surface area contributed by atoms with Crippen molar-refractivity contribution in [3.8, 4) is 11.5 Å². The van der Waals surface area contributed by atoms with E-state index in [1.54, 1.807) is 0 Å². The second-order valence-corrected chi connectivity index (χ2v) is 4.42. The molecular formula is C16H13NO2. The molecule has 0 saturated carbocycles. The summed E-state index contributed by atoms with van der Waals surface area (Å²) in [6, 6.07) is 15.6. The molecule has 0 radical (unpaired) electrons. The fourth-order valence-corrected chi connectivity index (χ4v) is 2.35. The number of hydrogen-bond acceptors (Lipinski definition) is 2. The van der Waals surface area contributed by atoms with Gasteiger partial charge in [-0.15, -0.1) is 0 Å². The molecular weight excluding hydrogens is 238 g/mol. The Labute approximate surface area is 111 Å². The van der Waals surface area contributed by atoms with Crippen molar-refractivity contribution >= 4 is 5.91 Å². The van der Waals surface area contributed by atoms with Gasteiger partial charge in [-0.2, -0.15) is 0 Å². The monoisotopic (exact) mass is 251 g/mol. The van der Waals surface area contributed by atoms with Crippen LogP contribution >= 0.6 is 0 Å². The molecule has 19 heavy (non-hydrogen) atoms. The maximum Gasteiger partial charge on any atom is 0.241 e. The van der Waals surface area contributed by atoms with Crippen LogP contribution in [0.5, 0.6) is 11.5 Å². The number of allylic oxidation sites excluding steroid dienone is 1. The molecule has 2 aromatic carbocycles. The number of amides is 1. The standard InChI is InChI=1S/C16H13NO2/c17-16(18)10-9-11-12-5-1-3-7-14(12)19-15-8-4-2-6-13(11)15/h1-11H,(H2,17,18). The number of benzene rings is 2. The Bertz CT molecular complexity index is 616. The molecule has 0 aliphatic carbocycles. The number of nitrogens with two attached hydrogens (primary N) is 1. The smallest absolute Gasteiger partial charge is 0.241 e. The summed E-state index contributed by atoms with van der Waals surface area (Å²) in [5, 5.41) is 0. The van der Waals surface area contributed by atoms with E-state index in [4.69, 9.17) is 10.5 Å². The van der Waals surface area contributed by atoms with E-state index in [1.165, 1.54) is 6.08 Å². The van der Waals surface area contributed by atoms with Gasteiger partial charge in [-0.25, -0.2) is 0 Å². The second kappa shape index (κ2) is 4.61. The van der Waals surface area contributed by atoms with Gasteiger partial charge in [0.2, 0.25) is 5.91 Å². The van der Waals surface area contributed by atoms with E-state index in [0.717, 1.165) is 22.6 Å². The number of fused-ring (bicyclic) bond motifs is 2. The van der Waals surface area contributed by atoms with Crippen LogP contribution in [-0.2, 0) is 4.79 Å². The van der Waals surface area contributed by atoms with Crippen LogP contribution in [0.25, 0.3) is 0 Å². The van der Waals surface area contributed by atoms with E-state index in [1.807, 2.05) is 54.6 Å². The number of para-hydroxylation sites is 2. The second-order valence-electron chi connectivity index (χ2n) is 4.42.